The van der Waals surface area contributed by atoms with Crippen molar-refractivity contribution in [2.24, 2.45) is 5.73 Å². The minimum absolute atomic E-state index is 0.0576. The van der Waals surface area contributed by atoms with Gasteiger partial charge in [0.25, 0.3) is 0 Å². The Balaban J connectivity index is 2.14. The first-order valence-electron chi connectivity index (χ1n) is 7.48. The molecule has 0 atom stereocenters. The van der Waals surface area contributed by atoms with Gasteiger partial charge < -0.3 is 31.0 Å². The van der Waals surface area contributed by atoms with Crippen molar-refractivity contribution in [3.8, 4) is 16.5 Å². The summed E-state index contributed by atoms with van der Waals surface area (Å²) in [7, 11) is 0. The highest BCUT2D eigenvalue weighted by atomic mass is 32.1. The highest BCUT2D eigenvalue weighted by molar-refractivity contribution is 7.21. The van der Waals surface area contributed by atoms with Crippen LogP contribution in [0.2, 0.25) is 0 Å². The van der Waals surface area contributed by atoms with E-state index in [9.17, 15) is 4.79 Å². The number of nitrogen functional groups attached to an aromatic ring is 1. The number of ether oxygens (including phenoxy) is 1. The molecule has 0 fully saturated rings. The Morgan fingerprint density at radius 2 is 2.24 bits per heavy atom. The van der Waals surface area contributed by atoms with Gasteiger partial charge >= 0.3 is 6.09 Å². The van der Waals surface area contributed by atoms with Crippen LogP contribution < -0.4 is 21.5 Å². The average Bonchev–Trinajstić information content (AvgIpc) is 3.11. The molecule has 0 spiro atoms. The van der Waals surface area contributed by atoms with E-state index in [0.29, 0.717) is 40.6 Å². The monoisotopic (exact) mass is 363 g/mol. The first-order valence-corrected chi connectivity index (χ1v) is 8.30. The van der Waals surface area contributed by atoms with Crippen molar-refractivity contribution in [1.29, 1.82) is 0 Å². The molecule has 0 saturated heterocycles. The Labute approximate surface area is 146 Å². The van der Waals surface area contributed by atoms with E-state index in [1.807, 2.05) is 13.0 Å². The molecule has 0 aliphatic rings. The van der Waals surface area contributed by atoms with Crippen molar-refractivity contribution in [2.45, 2.75) is 13.3 Å². The Morgan fingerprint density at radius 1 is 1.44 bits per heavy atom. The van der Waals surface area contributed by atoms with Gasteiger partial charge in [-0.2, -0.15) is 0 Å². The molecule has 3 rings (SSSR count). The fourth-order valence-electron chi connectivity index (χ4n) is 2.27. The summed E-state index contributed by atoms with van der Waals surface area (Å²) in [5, 5.41) is 12.6. The van der Waals surface area contributed by atoms with Crippen LogP contribution in [-0.4, -0.2) is 34.3 Å². The zero-order valence-electron chi connectivity index (χ0n) is 13.4. The van der Waals surface area contributed by atoms with E-state index in [1.54, 1.807) is 6.07 Å². The van der Waals surface area contributed by atoms with Gasteiger partial charge in [0.05, 0.1) is 11.1 Å². The molecule has 0 aliphatic carbocycles. The lowest BCUT2D eigenvalue weighted by Crippen LogP contribution is -2.16. The summed E-state index contributed by atoms with van der Waals surface area (Å²) in [5.41, 5.74) is 11.9. The van der Waals surface area contributed by atoms with Crippen LogP contribution in [0.25, 0.3) is 21.7 Å². The van der Waals surface area contributed by atoms with Crippen molar-refractivity contribution in [1.82, 2.24) is 9.97 Å². The van der Waals surface area contributed by atoms with E-state index in [1.165, 1.54) is 0 Å². The van der Waals surface area contributed by atoms with Crippen LogP contribution in [0.15, 0.2) is 16.5 Å². The number of primary amides is 1. The molecule has 0 aliphatic heterocycles. The number of rotatable bonds is 6. The fourth-order valence-corrected chi connectivity index (χ4v) is 3.22. The number of aliphatic hydroxyl groups excluding tert-OH is 1. The van der Waals surface area contributed by atoms with Crippen molar-refractivity contribution in [3.05, 3.63) is 17.9 Å². The normalized spacial score (nSPS) is 11.0. The number of aliphatic hydroxyl groups is 1. The molecule has 3 heterocycles. The molecular weight excluding hydrogens is 346 g/mol. The highest BCUT2D eigenvalue weighted by Crippen LogP contribution is 2.43. The summed E-state index contributed by atoms with van der Waals surface area (Å²) in [6.45, 7) is 2.38. The number of fused-ring (bicyclic) bond motifs is 1. The number of amides is 1. The Kier molecular flexibility index (Phi) is 4.72. The van der Waals surface area contributed by atoms with Gasteiger partial charge in [0, 0.05) is 13.2 Å². The van der Waals surface area contributed by atoms with Crippen molar-refractivity contribution in [2.75, 3.05) is 24.2 Å². The number of hydrogen-bond donors (Lipinski definition) is 4. The molecular formula is C15H17N5O4S. The van der Waals surface area contributed by atoms with Crippen LogP contribution in [0, 0.1) is 6.92 Å². The summed E-state index contributed by atoms with van der Waals surface area (Å²) in [6, 6.07) is 3.59. The Bertz CT molecular complexity index is 920. The molecule has 0 aromatic carbocycles. The minimum atomic E-state index is -0.956. The lowest BCUT2D eigenvalue weighted by Gasteiger charge is -2.07. The lowest BCUT2D eigenvalue weighted by molar-refractivity contribution is 0.212. The Hall–Kier alpha value is -2.85. The van der Waals surface area contributed by atoms with Gasteiger partial charge in [0.15, 0.2) is 5.76 Å². The van der Waals surface area contributed by atoms with Crippen LogP contribution in [-0.2, 0) is 0 Å². The maximum atomic E-state index is 11.1. The number of nitrogens with zero attached hydrogens (tertiary/aromatic N) is 2. The second-order valence-electron chi connectivity index (χ2n) is 5.21. The quantitative estimate of drug-likeness (QED) is 0.486. The number of furan rings is 1. The second-order valence-corrected chi connectivity index (χ2v) is 6.18. The van der Waals surface area contributed by atoms with Crippen LogP contribution >= 0.6 is 11.3 Å². The third kappa shape index (κ3) is 3.49. The predicted molar refractivity (Wildman–Crippen MR) is 94.7 cm³/mol. The molecule has 0 radical (unpaired) electrons. The zero-order chi connectivity index (χ0) is 18.0. The predicted octanol–water partition coefficient (Wildman–Crippen LogP) is 2.09. The number of carbonyl (C=O) groups is 1. The topological polar surface area (TPSA) is 150 Å². The molecule has 132 valence electrons. The molecule has 0 saturated carbocycles. The summed E-state index contributed by atoms with van der Waals surface area (Å²) >= 11 is 1.09. The summed E-state index contributed by atoms with van der Waals surface area (Å²) in [4.78, 5) is 20.4. The van der Waals surface area contributed by atoms with E-state index in [0.717, 1.165) is 17.1 Å². The smallest absolute Gasteiger partial charge is 0.410 e. The second kappa shape index (κ2) is 6.95. The number of aryl methyl sites for hydroxylation is 1. The number of hydrogen-bond acceptors (Lipinski definition) is 9. The number of aromatic nitrogens is 2. The fraction of sp³-hybridized carbons (Fsp3) is 0.267. The first kappa shape index (κ1) is 17.0. The van der Waals surface area contributed by atoms with Crippen molar-refractivity contribution in [3.63, 3.8) is 0 Å². The van der Waals surface area contributed by atoms with Crippen molar-refractivity contribution < 1.29 is 19.1 Å². The van der Waals surface area contributed by atoms with Gasteiger partial charge in [-0.25, -0.2) is 14.8 Å². The molecule has 3 aromatic heterocycles. The largest absolute Gasteiger partial charge is 0.460 e. The van der Waals surface area contributed by atoms with Crippen molar-refractivity contribution >= 4 is 39.3 Å². The molecule has 25 heavy (non-hydrogen) atoms. The molecule has 0 unspecified atom stereocenters. The van der Waals surface area contributed by atoms with Gasteiger partial charge in [0.1, 0.15) is 16.3 Å². The number of anilines is 2. The van der Waals surface area contributed by atoms with Gasteiger partial charge in [-0.3, -0.25) is 0 Å². The third-order valence-electron chi connectivity index (χ3n) is 3.34. The number of nitrogens with two attached hydrogens (primary N) is 2. The van der Waals surface area contributed by atoms with Gasteiger partial charge in [-0.05, 0) is 25.5 Å². The zero-order valence-corrected chi connectivity index (χ0v) is 14.2. The maximum absolute atomic E-state index is 11.1. The number of carbonyl (C=O) groups excluding carboxylic acids is 1. The molecule has 10 heteroatoms. The first-order chi connectivity index (χ1) is 12.0. The molecule has 0 bridgehead atoms. The van der Waals surface area contributed by atoms with Gasteiger partial charge in [-0.15, -0.1) is 0 Å². The van der Waals surface area contributed by atoms with E-state index in [-0.39, 0.29) is 17.4 Å². The summed E-state index contributed by atoms with van der Waals surface area (Å²) in [6.07, 6.45) is -0.401. The summed E-state index contributed by atoms with van der Waals surface area (Å²) < 4.78 is 10.6. The number of thiophene rings is 1. The van der Waals surface area contributed by atoms with Gasteiger partial charge in [0.2, 0.25) is 11.0 Å². The van der Waals surface area contributed by atoms with Crippen LogP contribution in [0.5, 0.6) is 5.06 Å². The SMILES string of the molecule is Cc1ccc(-c2nc(NCCCO)nc3sc(OC(N)=O)c(N)c23)o1. The molecule has 6 N–H and O–H groups in total. The highest BCUT2D eigenvalue weighted by Gasteiger charge is 2.22. The summed E-state index contributed by atoms with van der Waals surface area (Å²) in [5.74, 6) is 1.60. The van der Waals surface area contributed by atoms with Crippen LogP contribution in [0.1, 0.15) is 12.2 Å². The van der Waals surface area contributed by atoms with Crippen LogP contribution in [0.4, 0.5) is 16.4 Å². The van der Waals surface area contributed by atoms with Gasteiger partial charge in [-0.1, -0.05) is 11.3 Å². The van der Waals surface area contributed by atoms with E-state index in [2.05, 4.69) is 15.3 Å². The maximum Gasteiger partial charge on any atom is 0.410 e. The molecule has 3 aromatic rings. The minimum Gasteiger partial charge on any atom is -0.460 e. The lowest BCUT2D eigenvalue weighted by atomic mass is 10.2. The van der Waals surface area contributed by atoms with E-state index < -0.39 is 6.09 Å². The standard InChI is InChI=1S/C15H17N5O4S/c1-7-3-4-8(23-7)11-9-10(16)13(24-14(17)22)25-12(9)20-15(19-11)18-5-2-6-21/h3-4,21H,2,5-6,16H2,1H3,(H2,17,22)(H,18,19,20). The molecule has 1 amide bonds. The van der Waals surface area contributed by atoms with E-state index >= 15 is 0 Å². The third-order valence-corrected chi connectivity index (χ3v) is 4.32. The van der Waals surface area contributed by atoms with Crippen LogP contribution in [0.3, 0.4) is 0 Å². The molecule has 9 nitrogen and oxygen atoms in total. The Morgan fingerprint density at radius 3 is 2.88 bits per heavy atom. The van der Waals surface area contributed by atoms with E-state index in [4.69, 9.17) is 25.7 Å². The number of nitrogens with one attached hydrogen (secondary N) is 1. The average molecular weight is 363 g/mol.